The van der Waals surface area contributed by atoms with Gasteiger partial charge in [-0.05, 0) is 75.3 Å². The van der Waals surface area contributed by atoms with E-state index in [-0.39, 0.29) is 29.9 Å². The van der Waals surface area contributed by atoms with Crippen molar-refractivity contribution in [1.29, 1.82) is 0 Å². The van der Waals surface area contributed by atoms with Crippen molar-refractivity contribution in [2.45, 2.75) is 76.2 Å². The number of esters is 1. The molecule has 0 spiro atoms. The fraction of sp³-hybridized carbons (Fsp3) is 0.455. The zero-order chi connectivity index (χ0) is 34.6. The molecular weight excluding hydrogens is 630 g/mol. The van der Waals surface area contributed by atoms with Gasteiger partial charge in [-0.15, -0.1) is 0 Å². The first-order valence-corrected chi connectivity index (χ1v) is 14.9. The molecule has 1 saturated heterocycles. The van der Waals surface area contributed by atoms with E-state index < -0.39 is 53.1 Å². The van der Waals surface area contributed by atoms with Crippen LogP contribution in [0, 0.1) is 0 Å². The van der Waals surface area contributed by atoms with Crippen LogP contribution in [0.2, 0.25) is 0 Å². The van der Waals surface area contributed by atoms with Crippen LogP contribution >= 0.6 is 0 Å². The second-order valence-electron chi connectivity index (χ2n) is 12.4. The molecular formula is C33H36F6N4O4. The number of nitrogens with one attached hydrogen (secondary N) is 1. The Bertz CT molecular complexity index is 1550. The van der Waals surface area contributed by atoms with E-state index in [4.69, 9.17) is 4.74 Å². The molecule has 254 valence electrons. The summed E-state index contributed by atoms with van der Waals surface area (Å²) in [5.41, 5.74) is -1.74. The molecule has 4 rings (SSSR count). The topological polar surface area (TPSA) is 93.7 Å². The number of nitrogens with zero attached hydrogens (tertiary/aromatic N) is 3. The lowest BCUT2D eigenvalue weighted by atomic mass is 9.89. The number of benzene rings is 2. The van der Waals surface area contributed by atoms with Crippen molar-refractivity contribution in [3.8, 4) is 0 Å². The van der Waals surface area contributed by atoms with Crippen molar-refractivity contribution in [2.24, 2.45) is 0 Å². The number of alkyl halides is 6. The summed E-state index contributed by atoms with van der Waals surface area (Å²) in [6, 6.07) is 11.4. The predicted octanol–water partition coefficient (Wildman–Crippen LogP) is 8.26. The van der Waals surface area contributed by atoms with Gasteiger partial charge >= 0.3 is 24.4 Å². The summed E-state index contributed by atoms with van der Waals surface area (Å²) in [6.07, 6.45) is -8.78. The molecule has 0 aliphatic carbocycles. The van der Waals surface area contributed by atoms with Gasteiger partial charge < -0.3 is 19.7 Å². The van der Waals surface area contributed by atoms with Crippen LogP contribution in [0.4, 0.5) is 42.8 Å². The van der Waals surface area contributed by atoms with Gasteiger partial charge in [0.25, 0.3) is 0 Å². The summed E-state index contributed by atoms with van der Waals surface area (Å²) in [5, 5.41) is 2.89. The van der Waals surface area contributed by atoms with Gasteiger partial charge in [0, 0.05) is 30.9 Å². The van der Waals surface area contributed by atoms with Gasteiger partial charge in [0.05, 0.1) is 30.4 Å². The number of hydrogen-bond donors (Lipinski definition) is 1. The number of methoxy groups -OCH3 is 1. The molecule has 47 heavy (non-hydrogen) atoms. The molecule has 1 fully saturated rings. The normalized spacial score (nSPS) is 15.2. The number of anilines is 2. The SMILES string of the molecule is COC(=O)CC(Cc1cccc(C(F)(F)F)c1)c1nc(Nc2ccc(C3CCN(C(=O)OC(C)(C)C)CC3)cc2)ncc1C(F)(F)F. The van der Waals surface area contributed by atoms with E-state index in [9.17, 15) is 35.9 Å². The first-order valence-electron chi connectivity index (χ1n) is 14.9. The molecule has 1 N–H and O–H groups in total. The quantitative estimate of drug-likeness (QED) is 0.191. The van der Waals surface area contributed by atoms with Crippen LogP contribution in [0.3, 0.4) is 0 Å². The average molecular weight is 667 g/mol. The van der Waals surface area contributed by atoms with Crippen molar-refractivity contribution in [3.05, 3.63) is 82.7 Å². The van der Waals surface area contributed by atoms with Crippen molar-refractivity contribution in [1.82, 2.24) is 14.9 Å². The molecule has 1 aliphatic heterocycles. The Kier molecular flexibility index (Phi) is 10.7. The lowest BCUT2D eigenvalue weighted by Crippen LogP contribution is -2.41. The van der Waals surface area contributed by atoms with Gasteiger partial charge in [-0.1, -0.05) is 30.3 Å². The highest BCUT2D eigenvalue weighted by Crippen LogP contribution is 2.38. The van der Waals surface area contributed by atoms with Crippen LogP contribution in [0.15, 0.2) is 54.7 Å². The highest BCUT2D eigenvalue weighted by molar-refractivity contribution is 5.70. The third-order valence-electron chi connectivity index (χ3n) is 7.67. The molecule has 1 atom stereocenters. The molecule has 8 nitrogen and oxygen atoms in total. The predicted molar refractivity (Wildman–Crippen MR) is 161 cm³/mol. The Balaban J connectivity index is 1.54. The number of ether oxygens (including phenoxy) is 2. The highest BCUT2D eigenvalue weighted by atomic mass is 19.4. The van der Waals surface area contributed by atoms with Gasteiger partial charge in [0.1, 0.15) is 5.60 Å². The largest absolute Gasteiger partial charge is 0.469 e. The van der Waals surface area contributed by atoms with Crippen molar-refractivity contribution >= 4 is 23.7 Å². The van der Waals surface area contributed by atoms with Crippen molar-refractivity contribution in [3.63, 3.8) is 0 Å². The molecule has 1 aromatic heterocycles. The van der Waals surface area contributed by atoms with Gasteiger partial charge in [0.2, 0.25) is 5.95 Å². The second-order valence-corrected chi connectivity index (χ2v) is 12.4. The minimum Gasteiger partial charge on any atom is -0.469 e. The first-order chi connectivity index (χ1) is 21.9. The standard InChI is InChI=1S/C33H36F6N4O4/c1-31(2,3)47-30(45)43-14-12-22(13-15-43)21-8-10-25(11-9-21)41-29-40-19-26(33(37,38)39)28(42-29)23(18-27(44)46-4)16-20-6-5-7-24(17-20)32(34,35)36/h5-11,17,19,22-23H,12-16,18H2,1-4H3,(H,40,41,42). The van der Waals surface area contributed by atoms with Crippen LogP contribution in [-0.2, 0) is 33.0 Å². The number of piperidine rings is 1. The zero-order valence-corrected chi connectivity index (χ0v) is 26.3. The average Bonchev–Trinajstić information content (AvgIpc) is 2.99. The Morgan fingerprint density at radius 2 is 1.64 bits per heavy atom. The Morgan fingerprint density at radius 1 is 0.979 bits per heavy atom. The van der Waals surface area contributed by atoms with Crippen LogP contribution in [0.5, 0.6) is 0 Å². The molecule has 1 aliphatic rings. The van der Waals surface area contributed by atoms with Gasteiger partial charge in [-0.3, -0.25) is 4.79 Å². The minimum atomic E-state index is -4.91. The second kappa shape index (κ2) is 14.2. The van der Waals surface area contributed by atoms with Crippen LogP contribution in [-0.4, -0.2) is 52.7 Å². The number of amides is 1. The minimum absolute atomic E-state index is 0.0718. The summed E-state index contributed by atoms with van der Waals surface area (Å²) < 4.78 is 92.5. The lowest BCUT2D eigenvalue weighted by molar-refractivity contribution is -0.143. The third-order valence-corrected chi connectivity index (χ3v) is 7.67. The molecule has 3 aromatic rings. The fourth-order valence-corrected chi connectivity index (χ4v) is 5.38. The number of carbonyl (C=O) groups is 2. The zero-order valence-electron chi connectivity index (χ0n) is 26.3. The molecule has 1 amide bonds. The maximum Gasteiger partial charge on any atom is 0.419 e. The number of likely N-dealkylation sites (tertiary alicyclic amines) is 1. The summed E-state index contributed by atoms with van der Waals surface area (Å²) in [4.78, 5) is 34.3. The fourth-order valence-electron chi connectivity index (χ4n) is 5.38. The summed E-state index contributed by atoms with van der Waals surface area (Å²) in [6.45, 7) is 6.51. The van der Waals surface area contributed by atoms with E-state index in [1.807, 2.05) is 32.9 Å². The number of halogens is 6. The number of carbonyl (C=O) groups excluding carboxylic acids is 2. The molecule has 0 bridgehead atoms. The molecule has 0 radical (unpaired) electrons. The Labute approximate surface area is 268 Å². The van der Waals surface area contributed by atoms with Crippen LogP contribution < -0.4 is 5.32 Å². The monoisotopic (exact) mass is 666 g/mol. The van der Waals surface area contributed by atoms with E-state index in [2.05, 4.69) is 20.0 Å². The number of rotatable bonds is 8. The Hall–Kier alpha value is -4.36. The summed E-state index contributed by atoms with van der Waals surface area (Å²) >= 11 is 0. The Morgan fingerprint density at radius 3 is 2.21 bits per heavy atom. The third kappa shape index (κ3) is 9.82. The van der Waals surface area contributed by atoms with Gasteiger partial charge in [0.15, 0.2) is 0 Å². The number of hydrogen-bond acceptors (Lipinski definition) is 7. The lowest BCUT2D eigenvalue weighted by Gasteiger charge is -2.33. The van der Waals surface area contributed by atoms with Crippen molar-refractivity contribution in [2.75, 3.05) is 25.5 Å². The van der Waals surface area contributed by atoms with Crippen molar-refractivity contribution < 1.29 is 45.4 Å². The molecule has 2 aromatic carbocycles. The van der Waals surface area contributed by atoms with E-state index in [0.717, 1.165) is 43.7 Å². The van der Waals surface area contributed by atoms with Crippen LogP contribution in [0.1, 0.15) is 79.8 Å². The van der Waals surface area contributed by atoms with Crippen LogP contribution in [0.25, 0.3) is 0 Å². The number of aromatic nitrogens is 2. The summed E-state index contributed by atoms with van der Waals surface area (Å²) in [7, 11) is 1.06. The maximum absolute atomic E-state index is 14.1. The molecule has 14 heteroatoms. The van der Waals surface area contributed by atoms with E-state index >= 15 is 0 Å². The van der Waals surface area contributed by atoms with E-state index in [0.29, 0.717) is 25.0 Å². The highest BCUT2D eigenvalue weighted by Gasteiger charge is 2.38. The maximum atomic E-state index is 14.1. The van der Waals surface area contributed by atoms with E-state index in [1.165, 1.54) is 6.07 Å². The van der Waals surface area contributed by atoms with Gasteiger partial charge in [-0.2, -0.15) is 26.3 Å². The smallest absolute Gasteiger partial charge is 0.419 e. The molecule has 2 heterocycles. The van der Waals surface area contributed by atoms with E-state index in [1.54, 1.807) is 17.0 Å². The summed E-state index contributed by atoms with van der Waals surface area (Å²) in [5.74, 6) is -2.13. The first kappa shape index (κ1) is 35.5. The molecule has 1 unspecified atom stereocenters. The van der Waals surface area contributed by atoms with Gasteiger partial charge in [-0.25, -0.2) is 14.8 Å². The molecule has 0 saturated carbocycles.